The van der Waals surface area contributed by atoms with Crippen molar-refractivity contribution in [3.8, 4) is 5.75 Å². The minimum absolute atomic E-state index is 0.0395. The molecule has 2 aromatic rings. The molecule has 5 heteroatoms. The molecule has 0 saturated heterocycles. The van der Waals surface area contributed by atoms with Crippen LogP contribution in [-0.4, -0.2) is 5.54 Å². The number of furan rings is 1. The molecule has 114 valence electrons. The van der Waals surface area contributed by atoms with Crippen LogP contribution in [0.3, 0.4) is 0 Å². The zero-order valence-electron chi connectivity index (χ0n) is 12.4. The van der Waals surface area contributed by atoms with Crippen molar-refractivity contribution in [1.29, 1.82) is 0 Å². The summed E-state index contributed by atoms with van der Waals surface area (Å²) in [6.07, 6.45) is 1.67. The fourth-order valence-corrected chi connectivity index (χ4v) is 1.87. The number of halogens is 2. The first-order valence-electron chi connectivity index (χ1n) is 6.73. The van der Waals surface area contributed by atoms with Crippen LogP contribution in [-0.2, 0) is 13.2 Å². The molecule has 2 rings (SSSR count). The normalized spacial score (nSPS) is 11.7. The maximum absolute atomic E-state index is 13.7. The fraction of sp³-hybridized carbons (Fsp3) is 0.375. The lowest BCUT2D eigenvalue weighted by atomic mass is 10.1. The fourth-order valence-electron chi connectivity index (χ4n) is 1.71. The van der Waals surface area contributed by atoms with Crippen LogP contribution in [0, 0.1) is 5.82 Å². The predicted octanol–water partition coefficient (Wildman–Crippen LogP) is 4.54. The Balaban J connectivity index is 1.92. The van der Waals surface area contributed by atoms with Crippen LogP contribution >= 0.6 is 11.6 Å². The van der Waals surface area contributed by atoms with Crippen molar-refractivity contribution in [1.82, 2.24) is 5.32 Å². The van der Waals surface area contributed by atoms with E-state index in [9.17, 15) is 4.39 Å². The van der Waals surface area contributed by atoms with E-state index < -0.39 is 5.82 Å². The van der Waals surface area contributed by atoms with Gasteiger partial charge in [-0.1, -0.05) is 17.7 Å². The van der Waals surface area contributed by atoms with Gasteiger partial charge in [-0.2, -0.15) is 0 Å². The molecule has 0 spiro atoms. The average molecular weight is 312 g/mol. The Morgan fingerprint density at radius 3 is 2.81 bits per heavy atom. The Hall–Kier alpha value is -1.52. The van der Waals surface area contributed by atoms with Crippen LogP contribution in [0.15, 0.2) is 34.9 Å². The summed E-state index contributed by atoms with van der Waals surface area (Å²) >= 11 is 5.70. The third kappa shape index (κ3) is 4.76. The van der Waals surface area contributed by atoms with Gasteiger partial charge < -0.3 is 14.5 Å². The minimum atomic E-state index is -0.555. The highest BCUT2D eigenvalue weighted by atomic mass is 35.5. The van der Waals surface area contributed by atoms with E-state index in [1.54, 1.807) is 12.3 Å². The van der Waals surface area contributed by atoms with Crippen LogP contribution in [0.4, 0.5) is 4.39 Å². The standard InChI is InChI=1S/C16H19ClFNO2/c1-16(2,3)19-8-11-7-12(20-9-11)10-21-14-6-4-5-13(17)15(14)18/h4-7,9,19H,8,10H2,1-3H3. The summed E-state index contributed by atoms with van der Waals surface area (Å²) in [6, 6.07) is 6.54. The molecule has 0 radical (unpaired) electrons. The molecule has 0 fully saturated rings. The Morgan fingerprint density at radius 1 is 1.33 bits per heavy atom. The summed E-state index contributed by atoms with van der Waals surface area (Å²) in [6.45, 7) is 7.16. The first kappa shape index (κ1) is 15.9. The van der Waals surface area contributed by atoms with Gasteiger partial charge in [0.15, 0.2) is 11.6 Å². The van der Waals surface area contributed by atoms with Gasteiger partial charge in [-0.25, -0.2) is 4.39 Å². The molecule has 1 aromatic heterocycles. The summed E-state index contributed by atoms with van der Waals surface area (Å²) in [5.74, 6) is 0.202. The highest BCUT2D eigenvalue weighted by Crippen LogP contribution is 2.25. The first-order chi connectivity index (χ1) is 9.85. The molecule has 0 aliphatic carbocycles. The highest BCUT2D eigenvalue weighted by molar-refractivity contribution is 6.30. The molecule has 0 aliphatic heterocycles. The summed E-state index contributed by atoms with van der Waals surface area (Å²) < 4.78 is 24.5. The Bertz CT molecular complexity index is 605. The van der Waals surface area contributed by atoms with Gasteiger partial charge in [0.05, 0.1) is 11.3 Å². The molecule has 1 heterocycles. The van der Waals surface area contributed by atoms with E-state index in [-0.39, 0.29) is 22.9 Å². The van der Waals surface area contributed by atoms with E-state index in [4.69, 9.17) is 20.8 Å². The summed E-state index contributed by atoms with van der Waals surface area (Å²) in [5, 5.41) is 3.41. The van der Waals surface area contributed by atoms with E-state index in [0.29, 0.717) is 12.3 Å². The monoisotopic (exact) mass is 311 g/mol. The van der Waals surface area contributed by atoms with Crippen molar-refractivity contribution in [3.63, 3.8) is 0 Å². The van der Waals surface area contributed by atoms with Gasteiger partial charge in [0.2, 0.25) is 0 Å². The third-order valence-electron chi connectivity index (χ3n) is 2.82. The number of ether oxygens (including phenoxy) is 1. The van der Waals surface area contributed by atoms with Gasteiger partial charge in [0.1, 0.15) is 12.4 Å². The molecule has 1 aromatic carbocycles. The molecule has 0 bridgehead atoms. The summed E-state index contributed by atoms with van der Waals surface area (Å²) in [7, 11) is 0. The van der Waals surface area contributed by atoms with Gasteiger partial charge in [-0.05, 0) is 39.0 Å². The zero-order valence-corrected chi connectivity index (χ0v) is 13.1. The Labute approximate surface area is 129 Å². The number of nitrogens with one attached hydrogen (secondary N) is 1. The van der Waals surface area contributed by atoms with E-state index in [0.717, 1.165) is 5.56 Å². The van der Waals surface area contributed by atoms with Gasteiger partial charge in [-0.15, -0.1) is 0 Å². The maximum atomic E-state index is 13.7. The highest BCUT2D eigenvalue weighted by Gasteiger charge is 2.11. The van der Waals surface area contributed by atoms with Crippen molar-refractivity contribution in [2.24, 2.45) is 0 Å². The number of hydrogen-bond acceptors (Lipinski definition) is 3. The van der Waals surface area contributed by atoms with Gasteiger partial charge in [0, 0.05) is 17.6 Å². The van der Waals surface area contributed by atoms with Crippen molar-refractivity contribution in [2.75, 3.05) is 0 Å². The summed E-state index contributed by atoms with van der Waals surface area (Å²) in [4.78, 5) is 0. The van der Waals surface area contributed by atoms with Crippen LogP contribution in [0.1, 0.15) is 32.1 Å². The van der Waals surface area contributed by atoms with E-state index in [1.165, 1.54) is 12.1 Å². The van der Waals surface area contributed by atoms with E-state index in [2.05, 4.69) is 26.1 Å². The molecule has 0 aliphatic rings. The smallest absolute Gasteiger partial charge is 0.183 e. The van der Waals surface area contributed by atoms with Gasteiger partial charge in [0.25, 0.3) is 0 Å². The second-order valence-corrected chi connectivity index (χ2v) is 6.27. The predicted molar refractivity (Wildman–Crippen MR) is 81.0 cm³/mol. The average Bonchev–Trinajstić information content (AvgIpc) is 2.85. The van der Waals surface area contributed by atoms with Gasteiger partial charge >= 0.3 is 0 Å². The quantitative estimate of drug-likeness (QED) is 0.880. The van der Waals surface area contributed by atoms with E-state index in [1.807, 2.05) is 6.07 Å². The SMILES string of the molecule is CC(C)(C)NCc1coc(COc2cccc(Cl)c2F)c1. The largest absolute Gasteiger partial charge is 0.483 e. The number of hydrogen-bond donors (Lipinski definition) is 1. The minimum Gasteiger partial charge on any atom is -0.483 e. The molecule has 3 nitrogen and oxygen atoms in total. The third-order valence-corrected chi connectivity index (χ3v) is 3.11. The Morgan fingerprint density at radius 2 is 2.10 bits per heavy atom. The number of rotatable bonds is 5. The van der Waals surface area contributed by atoms with Crippen LogP contribution in [0.5, 0.6) is 5.75 Å². The van der Waals surface area contributed by atoms with E-state index >= 15 is 0 Å². The maximum Gasteiger partial charge on any atom is 0.183 e. The van der Waals surface area contributed by atoms with Crippen LogP contribution in [0.2, 0.25) is 5.02 Å². The second-order valence-electron chi connectivity index (χ2n) is 5.87. The molecule has 0 saturated carbocycles. The lowest BCUT2D eigenvalue weighted by Gasteiger charge is -2.19. The zero-order chi connectivity index (χ0) is 15.5. The molecule has 1 N–H and O–H groups in total. The summed E-state index contributed by atoms with van der Waals surface area (Å²) in [5.41, 5.74) is 1.06. The van der Waals surface area contributed by atoms with Gasteiger partial charge in [-0.3, -0.25) is 0 Å². The van der Waals surface area contributed by atoms with Crippen LogP contribution in [0.25, 0.3) is 0 Å². The Kier molecular flexibility index (Phi) is 4.91. The molecule has 0 atom stereocenters. The molecule has 0 amide bonds. The molecule has 0 unspecified atom stereocenters. The lowest BCUT2D eigenvalue weighted by Crippen LogP contribution is -2.34. The number of benzene rings is 1. The van der Waals surface area contributed by atoms with Crippen molar-refractivity contribution in [3.05, 3.63) is 52.7 Å². The van der Waals surface area contributed by atoms with Crippen LogP contribution < -0.4 is 10.1 Å². The first-order valence-corrected chi connectivity index (χ1v) is 7.11. The molecule has 21 heavy (non-hydrogen) atoms. The topological polar surface area (TPSA) is 34.4 Å². The van der Waals surface area contributed by atoms with Crippen molar-refractivity contribution < 1.29 is 13.5 Å². The molecular weight excluding hydrogens is 293 g/mol. The van der Waals surface area contributed by atoms with Crippen molar-refractivity contribution >= 4 is 11.6 Å². The second kappa shape index (κ2) is 6.50. The molecular formula is C16H19ClFNO2. The lowest BCUT2D eigenvalue weighted by molar-refractivity contribution is 0.258. The van der Waals surface area contributed by atoms with Crippen molar-refractivity contribution in [2.45, 2.75) is 39.5 Å².